The number of esters is 2. The molecular weight excluding hydrogens is 250 g/mol. The number of unbranched alkanes of at least 4 members (excludes halogenated alkanes) is 1. The summed E-state index contributed by atoms with van der Waals surface area (Å²) >= 11 is 0. The standard InChI is InChI=1S/C13H21NO5/c1-17-12(15)4-5-13(16)19-9-3-2-6-14-7-10-18-11-8-14/h4-5H,2-3,6-11H2,1H3/b5-4-. The average molecular weight is 271 g/mol. The zero-order chi connectivity index (χ0) is 13.9. The zero-order valence-electron chi connectivity index (χ0n) is 11.3. The molecule has 0 spiro atoms. The first kappa shape index (κ1) is 15.7. The van der Waals surface area contributed by atoms with Crippen LogP contribution in [-0.4, -0.2) is 63.4 Å². The van der Waals surface area contributed by atoms with Crippen LogP contribution in [0.3, 0.4) is 0 Å². The predicted octanol–water partition coefficient (Wildman–Crippen LogP) is 0.371. The summed E-state index contributed by atoms with van der Waals surface area (Å²) < 4.78 is 14.6. The Labute approximate surface area is 113 Å². The summed E-state index contributed by atoms with van der Waals surface area (Å²) in [6.45, 7) is 4.91. The predicted molar refractivity (Wildman–Crippen MR) is 68.6 cm³/mol. The fraction of sp³-hybridized carbons (Fsp3) is 0.692. The van der Waals surface area contributed by atoms with Crippen LogP contribution in [0.5, 0.6) is 0 Å². The molecule has 0 aromatic carbocycles. The Kier molecular flexibility index (Phi) is 7.84. The number of carbonyl (C=O) groups excluding carboxylic acids is 2. The van der Waals surface area contributed by atoms with Crippen LogP contribution < -0.4 is 0 Å². The molecule has 0 unspecified atom stereocenters. The monoisotopic (exact) mass is 271 g/mol. The van der Waals surface area contributed by atoms with Crippen LogP contribution in [0.4, 0.5) is 0 Å². The molecule has 0 bridgehead atoms. The molecule has 0 aromatic heterocycles. The van der Waals surface area contributed by atoms with Crippen molar-refractivity contribution >= 4 is 11.9 Å². The average Bonchev–Trinajstić information content (AvgIpc) is 2.45. The quantitative estimate of drug-likeness (QED) is 0.379. The molecule has 1 aliphatic rings. The van der Waals surface area contributed by atoms with Gasteiger partial charge in [-0.05, 0) is 19.4 Å². The van der Waals surface area contributed by atoms with Crippen LogP contribution in [0.15, 0.2) is 12.2 Å². The van der Waals surface area contributed by atoms with Crippen molar-refractivity contribution in [2.24, 2.45) is 0 Å². The maximum atomic E-state index is 11.2. The maximum Gasteiger partial charge on any atom is 0.331 e. The van der Waals surface area contributed by atoms with E-state index in [0.717, 1.165) is 57.8 Å². The highest BCUT2D eigenvalue weighted by Crippen LogP contribution is 2.00. The van der Waals surface area contributed by atoms with Gasteiger partial charge in [0, 0.05) is 25.2 Å². The molecule has 1 saturated heterocycles. The zero-order valence-corrected chi connectivity index (χ0v) is 11.3. The second-order valence-electron chi connectivity index (χ2n) is 4.19. The number of rotatable bonds is 7. The van der Waals surface area contributed by atoms with E-state index >= 15 is 0 Å². The van der Waals surface area contributed by atoms with E-state index in [9.17, 15) is 9.59 Å². The van der Waals surface area contributed by atoms with Crippen LogP contribution in [0, 0.1) is 0 Å². The van der Waals surface area contributed by atoms with E-state index in [2.05, 4.69) is 9.64 Å². The van der Waals surface area contributed by atoms with Crippen LogP contribution in [0.1, 0.15) is 12.8 Å². The van der Waals surface area contributed by atoms with Crippen molar-refractivity contribution in [2.75, 3.05) is 46.6 Å². The van der Waals surface area contributed by atoms with Gasteiger partial charge in [0.05, 0.1) is 26.9 Å². The van der Waals surface area contributed by atoms with Crippen LogP contribution in [0.2, 0.25) is 0 Å². The summed E-state index contributed by atoms with van der Waals surface area (Å²) in [5.41, 5.74) is 0. The minimum absolute atomic E-state index is 0.370. The molecule has 6 nitrogen and oxygen atoms in total. The molecule has 0 atom stereocenters. The summed E-state index contributed by atoms with van der Waals surface area (Å²) in [6, 6.07) is 0. The Hall–Kier alpha value is -1.40. The molecule has 6 heteroatoms. The van der Waals surface area contributed by atoms with Crippen molar-refractivity contribution in [3.05, 3.63) is 12.2 Å². The molecule has 0 saturated carbocycles. The van der Waals surface area contributed by atoms with Crippen LogP contribution in [0.25, 0.3) is 0 Å². The van der Waals surface area contributed by atoms with E-state index in [0.29, 0.717) is 6.61 Å². The summed E-state index contributed by atoms with van der Waals surface area (Å²) in [4.78, 5) is 24.3. The number of ether oxygens (including phenoxy) is 3. The van der Waals surface area contributed by atoms with Gasteiger partial charge in [0.2, 0.25) is 0 Å². The number of morpholine rings is 1. The molecule has 1 heterocycles. The van der Waals surface area contributed by atoms with Crippen LogP contribution in [-0.2, 0) is 23.8 Å². The minimum atomic E-state index is -0.565. The minimum Gasteiger partial charge on any atom is -0.466 e. The SMILES string of the molecule is COC(=O)/C=C\C(=O)OCCCCN1CCOCC1. The highest BCUT2D eigenvalue weighted by Gasteiger charge is 2.09. The van der Waals surface area contributed by atoms with Crippen molar-refractivity contribution in [1.29, 1.82) is 0 Å². The Morgan fingerprint density at radius 1 is 1.16 bits per heavy atom. The number of methoxy groups -OCH3 is 1. The molecular formula is C13H21NO5. The summed E-state index contributed by atoms with van der Waals surface area (Å²) in [7, 11) is 1.25. The number of hydrogen-bond donors (Lipinski definition) is 0. The van der Waals surface area contributed by atoms with Crippen LogP contribution >= 0.6 is 0 Å². The lowest BCUT2D eigenvalue weighted by Gasteiger charge is -2.26. The van der Waals surface area contributed by atoms with Crippen molar-refractivity contribution in [3.8, 4) is 0 Å². The molecule has 0 amide bonds. The Morgan fingerprint density at radius 2 is 1.84 bits per heavy atom. The first-order chi connectivity index (χ1) is 9.22. The summed E-state index contributed by atoms with van der Waals surface area (Å²) in [5.74, 6) is -1.08. The highest BCUT2D eigenvalue weighted by atomic mass is 16.5. The number of carbonyl (C=O) groups is 2. The van der Waals surface area contributed by atoms with E-state index in [-0.39, 0.29) is 0 Å². The summed E-state index contributed by atoms with van der Waals surface area (Å²) in [5, 5.41) is 0. The Balaban J connectivity index is 1.99. The van der Waals surface area contributed by atoms with Gasteiger partial charge in [0.25, 0.3) is 0 Å². The normalized spacial score (nSPS) is 16.5. The molecule has 1 fully saturated rings. The van der Waals surface area contributed by atoms with Crippen molar-refractivity contribution in [3.63, 3.8) is 0 Å². The van der Waals surface area contributed by atoms with E-state index in [1.54, 1.807) is 0 Å². The lowest BCUT2D eigenvalue weighted by Crippen LogP contribution is -2.36. The fourth-order valence-electron chi connectivity index (χ4n) is 1.69. The van der Waals surface area contributed by atoms with E-state index in [4.69, 9.17) is 9.47 Å². The third-order valence-electron chi connectivity index (χ3n) is 2.77. The maximum absolute atomic E-state index is 11.2. The third-order valence-corrected chi connectivity index (χ3v) is 2.77. The molecule has 19 heavy (non-hydrogen) atoms. The van der Waals surface area contributed by atoms with Gasteiger partial charge in [-0.1, -0.05) is 0 Å². The molecule has 0 radical (unpaired) electrons. The Morgan fingerprint density at radius 3 is 2.53 bits per heavy atom. The van der Waals surface area contributed by atoms with E-state index in [1.807, 2.05) is 0 Å². The number of hydrogen-bond acceptors (Lipinski definition) is 6. The molecule has 0 aromatic rings. The lowest BCUT2D eigenvalue weighted by atomic mass is 10.3. The Bertz CT molecular complexity index is 310. The van der Waals surface area contributed by atoms with Gasteiger partial charge in [-0.3, -0.25) is 4.90 Å². The molecule has 0 N–H and O–H groups in total. The van der Waals surface area contributed by atoms with Gasteiger partial charge in [-0.15, -0.1) is 0 Å². The topological polar surface area (TPSA) is 65.1 Å². The van der Waals surface area contributed by atoms with Crippen molar-refractivity contribution in [2.45, 2.75) is 12.8 Å². The molecule has 1 aliphatic heterocycles. The fourth-order valence-corrected chi connectivity index (χ4v) is 1.69. The molecule has 108 valence electrons. The summed E-state index contributed by atoms with van der Waals surface area (Å²) in [6.07, 6.45) is 3.92. The smallest absolute Gasteiger partial charge is 0.331 e. The molecule has 1 rings (SSSR count). The second-order valence-corrected chi connectivity index (χ2v) is 4.19. The van der Waals surface area contributed by atoms with Gasteiger partial charge in [-0.25, -0.2) is 9.59 Å². The van der Waals surface area contributed by atoms with Gasteiger partial charge >= 0.3 is 11.9 Å². The highest BCUT2D eigenvalue weighted by molar-refractivity contribution is 5.91. The largest absolute Gasteiger partial charge is 0.466 e. The first-order valence-corrected chi connectivity index (χ1v) is 6.45. The lowest BCUT2D eigenvalue weighted by molar-refractivity contribution is -0.139. The van der Waals surface area contributed by atoms with Crippen molar-refractivity contribution in [1.82, 2.24) is 4.90 Å². The van der Waals surface area contributed by atoms with Gasteiger partial charge < -0.3 is 14.2 Å². The van der Waals surface area contributed by atoms with Gasteiger partial charge in [0.1, 0.15) is 0 Å². The van der Waals surface area contributed by atoms with Gasteiger partial charge in [-0.2, -0.15) is 0 Å². The van der Waals surface area contributed by atoms with Gasteiger partial charge in [0.15, 0.2) is 0 Å². The second kappa shape index (κ2) is 9.52. The first-order valence-electron chi connectivity index (χ1n) is 6.45. The number of nitrogens with zero attached hydrogens (tertiary/aromatic N) is 1. The van der Waals surface area contributed by atoms with E-state index < -0.39 is 11.9 Å². The molecule has 0 aliphatic carbocycles. The van der Waals surface area contributed by atoms with Crippen molar-refractivity contribution < 1.29 is 23.8 Å². The van der Waals surface area contributed by atoms with E-state index in [1.165, 1.54) is 7.11 Å². The third kappa shape index (κ3) is 7.58.